The van der Waals surface area contributed by atoms with Crippen molar-refractivity contribution < 1.29 is 4.21 Å². The maximum absolute atomic E-state index is 12.1. The number of rotatable bonds is 2. The first-order chi connectivity index (χ1) is 7.66. The third-order valence-electron chi connectivity index (χ3n) is 1.98. The molecule has 82 valence electrons. The number of nitrogens with zero attached hydrogens (tertiary/aromatic N) is 1. The molecule has 1 atom stereocenters. The number of halogens is 1. The lowest BCUT2D eigenvalue weighted by Crippen LogP contribution is -1.96. The summed E-state index contributed by atoms with van der Waals surface area (Å²) in [6, 6.07) is 10.7. The van der Waals surface area contributed by atoms with Gasteiger partial charge in [0.05, 0.1) is 11.9 Å². The second-order valence-electron chi connectivity index (χ2n) is 3.15. The van der Waals surface area contributed by atoms with E-state index < -0.39 is 10.8 Å². The van der Waals surface area contributed by atoms with Crippen molar-refractivity contribution in [3.63, 3.8) is 0 Å². The van der Waals surface area contributed by atoms with Gasteiger partial charge in [-0.3, -0.25) is 0 Å². The number of nitrogen functional groups attached to an aromatic ring is 1. The number of pyridine rings is 1. The lowest BCUT2D eigenvalue weighted by molar-refractivity contribution is 0.680. The van der Waals surface area contributed by atoms with Crippen LogP contribution in [0.3, 0.4) is 0 Å². The second-order valence-corrected chi connectivity index (χ2v) is 5.50. The number of nitrogens with two attached hydrogens (primary N) is 1. The standard InChI is InChI=1S/C11H9BrN2OS/c12-8-1-4-10(5-2-8)16(15)11-6-3-9(13)7-14-11/h1-7H,13H2/t16-/m0/s1. The van der Waals surface area contributed by atoms with Gasteiger partial charge in [-0.05, 0) is 36.4 Å². The van der Waals surface area contributed by atoms with Gasteiger partial charge in [0.1, 0.15) is 15.8 Å². The van der Waals surface area contributed by atoms with Crippen LogP contribution in [0.25, 0.3) is 0 Å². The summed E-state index contributed by atoms with van der Waals surface area (Å²) in [6.45, 7) is 0. The van der Waals surface area contributed by atoms with E-state index in [0.717, 1.165) is 9.37 Å². The minimum Gasteiger partial charge on any atom is -0.397 e. The highest BCUT2D eigenvalue weighted by Crippen LogP contribution is 2.17. The van der Waals surface area contributed by atoms with Crippen molar-refractivity contribution in [2.45, 2.75) is 9.92 Å². The third-order valence-corrected chi connectivity index (χ3v) is 3.83. The van der Waals surface area contributed by atoms with E-state index in [-0.39, 0.29) is 0 Å². The number of aromatic nitrogens is 1. The van der Waals surface area contributed by atoms with Gasteiger partial charge in [0.15, 0.2) is 0 Å². The molecule has 0 saturated carbocycles. The summed E-state index contributed by atoms with van der Waals surface area (Å²) in [5.41, 5.74) is 6.08. The molecular weight excluding hydrogens is 288 g/mol. The average Bonchev–Trinajstić information content (AvgIpc) is 2.30. The van der Waals surface area contributed by atoms with Crippen LogP contribution in [-0.4, -0.2) is 9.19 Å². The van der Waals surface area contributed by atoms with Crippen LogP contribution >= 0.6 is 15.9 Å². The van der Waals surface area contributed by atoms with E-state index >= 15 is 0 Å². The maximum Gasteiger partial charge on any atom is 0.132 e. The van der Waals surface area contributed by atoms with Gasteiger partial charge in [-0.2, -0.15) is 0 Å². The van der Waals surface area contributed by atoms with E-state index in [2.05, 4.69) is 20.9 Å². The molecule has 0 aliphatic heterocycles. The average molecular weight is 297 g/mol. The van der Waals surface area contributed by atoms with Crippen LogP contribution in [0, 0.1) is 0 Å². The predicted molar refractivity (Wildman–Crippen MR) is 67.5 cm³/mol. The monoisotopic (exact) mass is 296 g/mol. The molecule has 0 unspecified atom stereocenters. The fourth-order valence-electron chi connectivity index (χ4n) is 1.18. The topological polar surface area (TPSA) is 56.0 Å². The summed E-state index contributed by atoms with van der Waals surface area (Å²) in [4.78, 5) is 4.76. The third kappa shape index (κ3) is 2.48. The molecule has 1 heterocycles. The molecule has 5 heteroatoms. The van der Waals surface area contributed by atoms with Crippen molar-refractivity contribution in [2.75, 3.05) is 5.73 Å². The first-order valence-corrected chi connectivity index (χ1v) is 6.50. The van der Waals surface area contributed by atoms with Gasteiger partial charge < -0.3 is 5.73 Å². The van der Waals surface area contributed by atoms with Gasteiger partial charge in [0.25, 0.3) is 0 Å². The molecule has 0 amide bonds. The minimum absolute atomic E-state index is 0.511. The summed E-state index contributed by atoms with van der Waals surface area (Å²) in [5, 5.41) is 0.511. The number of hydrogen-bond acceptors (Lipinski definition) is 3. The summed E-state index contributed by atoms with van der Waals surface area (Å²) >= 11 is 3.33. The summed E-state index contributed by atoms with van der Waals surface area (Å²) in [5.74, 6) is 0. The molecule has 1 aromatic carbocycles. The number of benzene rings is 1. The van der Waals surface area contributed by atoms with Gasteiger partial charge in [-0.25, -0.2) is 9.19 Å². The molecule has 2 N–H and O–H groups in total. The van der Waals surface area contributed by atoms with Crippen LogP contribution in [0.4, 0.5) is 5.69 Å². The van der Waals surface area contributed by atoms with Crippen molar-refractivity contribution in [2.24, 2.45) is 0 Å². The lowest BCUT2D eigenvalue weighted by atomic mass is 10.4. The van der Waals surface area contributed by atoms with E-state index in [0.29, 0.717) is 10.7 Å². The molecule has 0 saturated heterocycles. The summed E-state index contributed by atoms with van der Waals surface area (Å²) in [6.07, 6.45) is 1.51. The van der Waals surface area contributed by atoms with Gasteiger partial charge in [-0.1, -0.05) is 15.9 Å². The van der Waals surface area contributed by atoms with Gasteiger partial charge in [0, 0.05) is 9.37 Å². The molecule has 3 nitrogen and oxygen atoms in total. The Morgan fingerprint density at radius 3 is 2.38 bits per heavy atom. The first-order valence-electron chi connectivity index (χ1n) is 4.56. The van der Waals surface area contributed by atoms with Crippen LogP contribution in [0.1, 0.15) is 0 Å². The fraction of sp³-hybridized carbons (Fsp3) is 0. The lowest BCUT2D eigenvalue weighted by Gasteiger charge is -2.01. The highest BCUT2D eigenvalue weighted by molar-refractivity contribution is 9.10. The largest absolute Gasteiger partial charge is 0.397 e. The highest BCUT2D eigenvalue weighted by atomic mass is 79.9. The molecule has 16 heavy (non-hydrogen) atoms. The Morgan fingerprint density at radius 1 is 1.12 bits per heavy atom. The van der Waals surface area contributed by atoms with E-state index in [1.54, 1.807) is 24.3 Å². The zero-order valence-corrected chi connectivity index (χ0v) is 10.7. The normalized spacial score (nSPS) is 12.3. The SMILES string of the molecule is Nc1ccc([S@@](=O)c2ccc(Br)cc2)nc1. The molecule has 0 spiro atoms. The number of anilines is 1. The molecule has 0 aliphatic carbocycles. The zero-order valence-electron chi connectivity index (χ0n) is 8.26. The fourth-order valence-corrected chi connectivity index (χ4v) is 2.41. The van der Waals surface area contributed by atoms with Crippen LogP contribution in [0.2, 0.25) is 0 Å². The molecule has 0 bridgehead atoms. The van der Waals surface area contributed by atoms with E-state index in [1.807, 2.05) is 12.1 Å². The van der Waals surface area contributed by atoms with Crippen molar-refractivity contribution in [1.82, 2.24) is 4.98 Å². The minimum atomic E-state index is -1.25. The predicted octanol–water partition coefficient (Wildman–Crippen LogP) is 2.59. The molecule has 2 aromatic rings. The Morgan fingerprint density at radius 2 is 1.81 bits per heavy atom. The van der Waals surface area contributed by atoms with Crippen LogP contribution < -0.4 is 5.73 Å². The maximum atomic E-state index is 12.1. The van der Waals surface area contributed by atoms with Gasteiger partial charge in [0.2, 0.25) is 0 Å². The Balaban J connectivity index is 2.32. The summed E-state index contributed by atoms with van der Waals surface area (Å²) < 4.78 is 13.0. The Bertz CT molecular complexity index is 463. The Kier molecular flexibility index (Phi) is 3.36. The number of hydrogen-bond donors (Lipinski definition) is 1. The van der Waals surface area contributed by atoms with Crippen molar-refractivity contribution in [3.8, 4) is 0 Å². The van der Waals surface area contributed by atoms with Crippen molar-refractivity contribution in [1.29, 1.82) is 0 Å². The highest BCUT2D eigenvalue weighted by Gasteiger charge is 2.07. The summed E-state index contributed by atoms with van der Waals surface area (Å²) in [7, 11) is -1.25. The first kappa shape index (κ1) is 11.3. The Hall–Kier alpha value is -1.20. The Labute approximate surface area is 104 Å². The smallest absolute Gasteiger partial charge is 0.132 e. The molecular formula is C11H9BrN2OS. The van der Waals surface area contributed by atoms with Crippen LogP contribution in [0.15, 0.2) is 57.0 Å². The molecule has 0 fully saturated rings. The van der Waals surface area contributed by atoms with Gasteiger partial charge in [-0.15, -0.1) is 0 Å². The van der Waals surface area contributed by atoms with Gasteiger partial charge >= 0.3 is 0 Å². The quantitative estimate of drug-likeness (QED) is 0.927. The van der Waals surface area contributed by atoms with Crippen molar-refractivity contribution in [3.05, 3.63) is 47.1 Å². The van der Waals surface area contributed by atoms with E-state index in [4.69, 9.17) is 5.73 Å². The van der Waals surface area contributed by atoms with E-state index in [1.165, 1.54) is 6.20 Å². The zero-order chi connectivity index (χ0) is 11.5. The van der Waals surface area contributed by atoms with Crippen LogP contribution in [0.5, 0.6) is 0 Å². The van der Waals surface area contributed by atoms with Crippen LogP contribution in [-0.2, 0) is 10.8 Å². The van der Waals surface area contributed by atoms with E-state index in [9.17, 15) is 4.21 Å². The molecule has 0 radical (unpaired) electrons. The second kappa shape index (κ2) is 4.76. The molecule has 2 rings (SSSR count). The molecule has 0 aliphatic rings. The molecule has 1 aromatic heterocycles. The van der Waals surface area contributed by atoms with Crippen molar-refractivity contribution >= 4 is 32.4 Å².